The number of carbonyl (C=O) groups excluding carboxylic acids is 1. The van der Waals surface area contributed by atoms with Crippen LogP contribution in [0.3, 0.4) is 0 Å². The number of nitrogens with one attached hydrogen (secondary N) is 1. The van der Waals surface area contributed by atoms with Crippen molar-refractivity contribution in [2.75, 3.05) is 18.0 Å². The van der Waals surface area contributed by atoms with Crippen molar-refractivity contribution in [3.8, 4) is 0 Å². The Balaban J connectivity index is 1.49. The molecule has 0 amide bonds. The molecule has 29 heavy (non-hydrogen) atoms. The molecule has 0 aliphatic carbocycles. The minimum atomic E-state index is -0.626. The molecular weight excluding hydrogens is 370 g/mol. The van der Waals surface area contributed by atoms with Crippen molar-refractivity contribution in [2.24, 2.45) is 0 Å². The fourth-order valence-electron chi connectivity index (χ4n) is 3.75. The summed E-state index contributed by atoms with van der Waals surface area (Å²) in [6.07, 6.45) is 3.55. The molecule has 0 radical (unpaired) electrons. The predicted octanol–water partition coefficient (Wildman–Crippen LogP) is 2.42. The first kappa shape index (κ1) is 19.0. The number of piperidine rings is 1. The third-order valence-electron chi connectivity index (χ3n) is 5.25. The van der Waals surface area contributed by atoms with Crippen LogP contribution in [0.15, 0.2) is 58.1 Å². The van der Waals surface area contributed by atoms with Crippen LogP contribution in [0.1, 0.15) is 24.8 Å². The number of para-hydroxylation sites is 2. The van der Waals surface area contributed by atoms with Gasteiger partial charge in [0.05, 0.1) is 10.9 Å². The lowest BCUT2D eigenvalue weighted by atomic mass is 10.1. The van der Waals surface area contributed by atoms with Crippen molar-refractivity contribution in [3.63, 3.8) is 0 Å². The average Bonchev–Trinajstić information content (AvgIpc) is 2.76. The summed E-state index contributed by atoms with van der Waals surface area (Å²) in [6, 6.07) is 14.6. The number of fused-ring (bicyclic) bond motifs is 1. The number of H-pyrrole nitrogens is 1. The maximum atomic E-state index is 12.5. The van der Waals surface area contributed by atoms with Crippen molar-refractivity contribution in [3.05, 3.63) is 74.9 Å². The molecule has 1 aromatic heterocycles. The molecule has 4 rings (SSSR count). The number of hydrogen-bond donors (Lipinski definition) is 1. The molecule has 7 heteroatoms. The monoisotopic (exact) mass is 393 g/mol. The highest BCUT2D eigenvalue weighted by Crippen LogP contribution is 2.24. The Hall–Kier alpha value is -3.35. The van der Waals surface area contributed by atoms with Crippen LogP contribution in [0.2, 0.25) is 0 Å². The first-order valence-electron chi connectivity index (χ1n) is 9.84. The van der Waals surface area contributed by atoms with E-state index in [0.29, 0.717) is 10.9 Å². The summed E-state index contributed by atoms with van der Waals surface area (Å²) in [5.41, 5.74) is 1.31. The summed E-state index contributed by atoms with van der Waals surface area (Å²) in [6.45, 7) is 1.66. The van der Waals surface area contributed by atoms with Crippen LogP contribution in [-0.2, 0) is 22.7 Å². The van der Waals surface area contributed by atoms with Gasteiger partial charge in [-0.3, -0.25) is 9.59 Å². The second-order valence-electron chi connectivity index (χ2n) is 7.20. The Bertz CT molecular complexity index is 1140. The van der Waals surface area contributed by atoms with Gasteiger partial charge in [0.25, 0.3) is 5.56 Å². The molecule has 0 atom stereocenters. The number of rotatable bonds is 5. The molecule has 1 N–H and O–H groups in total. The van der Waals surface area contributed by atoms with Crippen LogP contribution in [0.4, 0.5) is 5.69 Å². The van der Waals surface area contributed by atoms with E-state index < -0.39 is 23.8 Å². The minimum absolute atomic E-state index is 0.103. The molecule has 2 aromatic carbocycles. The van der Waals surface area contributed by atoms with E-state index >= 15 is 0 Å². The quantitative estimate of drug-likeness (QED) is 0.673. The van der Waals surface area contributed by atoms with E-state index in [1.54, 1.807) is 24.3 Å². The Morgan fingerprint density at radius 3 is 2.52 bits per heavy atom. The molecule has 2 heterocycles. The van der Waals surface area contributed by atoms with E-state index in [-0.39, 0.29) is 6.61 Å². The summed E-state index contributed by atoms with van der Waals surface area (Å²) in [5.74, 6) is -0.624. The number of anilines is 1. The minimum Gasteiger partial charge on any atom is -0.459 e. The van der Waals surface area contributed by atoms with Gasteiger partial charge in [0.15, 0.2) is 0 Å². The Morgan fingerprint density at radius 1 is 0.966 bits per heavy atom. The molecule has 0 saturated carbocycles. The van der Waals surface area contributed by atoms with Crippen molar-refractivity contribution >= 4 is 22.6 Å². The highest BCUT2D eigenvalue weighted by molar-refractivity contribution is 5.77. The summed E-state index contributed by atoms with van der Waals surface area (Å²) in [7, 11) is 0. The summed E-state index contributed by atoms with van der Waals surface area (Å²) in [5, 5.41) is 0.357. The predicted molar refractivity (Wildman–Crippen MR) is 111 cm³/mol. The Morgan fingerprint density at radius 2 is 1.69 bits per heavy atom. The summed E-state index contributed by atoms with van der Waals surface area (Å²) in [4.78, 5) is 42.1. The number of nitrogens with zero attached hydrogens (tertiary/aromatic N) is 2. The Labute approximate surface area is 167 Å². The van der Waals surface area contributed by atoms with Crippen molar-refractivity contribution < 1.29 is 9.53 Å². The van der Waals surface area contributed by atoms with Gasteiger partial charge in [0.2, 0.25) is 0 Å². The molecule has 1 aliphatic rings. The van der Waals surface area contributed by atoms with E-state index in [9.17, 15) is 14.4 Å². The van der Waals surface area contributed by atoms with E-state index in [2.05, 4.69) is 9.88 Å². The van der Waals surface area contributed by atoms with Crippen molar-refractivity contribution in [1.29, 1.82) is 0 Å². The second kappa shape index (κ2) is 8.34. The van der Waals surface area contributed by atoms with E-state index in [4.69, 9.17) is 4.74 Å². The largest absolute Gasteiger partial charge is 0.459 e. The molecule has 1 fully saturated rings. The first-order chi connectivity index (χ1) is 14.1. The van der Waals surface area contributed by atoms with Crippen LogP contribution >= 0.6 is 0 Å². The number of aromatic nitrogens is 2. The zero-order valence-corrected chi connectivity index (χ0v) is 16.1. The zero-order valence-electron chi connectivity index (χ0n) is 16.1. The van der Waals surface area contributed by atoms with Crippen molar-refractivity contribution in [1.82, 2.24) is 9.55 Å². The van der Waals surface area contributed by atoms with Crippen LogP contribution < -0.4 is 16.1 Å². The number of ether oxygens (including phenoxy) is 1. The third kappa shape index (κ3) is 4.08. The lowest BCUT2D eigenvalue weighted by Crippen LogP contribution is -2.37. The third-order valence-corrected chi connectivity index (χ3v) is 5.25. The number of benzene rings is 2. The molecule has 0 spiro atoms. The van der Waals surface area contributed by atoms with Gasteiger partial charge < -0.3 is 14.6 Å². The molecule has 3 aromatic rings. The normalized spacial score (nSPS) is 14.1. The molecule has 1 aliphatic heterocycles. The highest BCUT2D eigenvalue weighted by atomic mass is 16.5. The number of esters is 1. The fourth-order valence-corrected chi connectivity index (χ4v) is 3.75. The molecule has 0 bridgehead atoms. The van der Waals surface area contributed by atoms with Crippen LogP contribution in [0.25, 0.3) is 10.9 Å². The van der Waals surface area contributed by atoms with Gasteiger partial charge in [-0.2, -0.15) is 0 Å². The topological polar surface area (TPSA) is 84.4 Å². The second-order valence-corrected chi connectivity index (χ2v) is 7.20. The number of hydrogen-bond acceptors (Lipinski definition) is 5. The molecule has 0 unspecified atom stereocenters. The van der Waals surface area contributed by atoms with Gasteiger partial charge in [-0.05, 0) is 37.5 Å². The SMILES string of the molecule is O=C(Cn1c(=O)[nH]c2ccccc2c1=O)OCc1ccccc1N1CCCCC1. The smallest absolute Gasteiger partial charge is 0.329 e. The van der Waals surface area contributed by atoms with E-state index in [1.165, 1.54) is 6.42 Å². The van der Waals surface area contributed by atoms with Gasteiger partial charge in [0.1, 0.15) is 13.2 Å². The van der Waals surface area contributed by atoms with Gasteiger partial charge in [-0.15, -0.1) is 0 Å². The lowest BCUT2D eigenvalue weighted by molar-refractivity contribution is -0.145. The average molecular weight is 393 g/mol. The van der Waals surface area contributed by atoms with Crippen molar-refractivity contribution in [2.45, 2.75) is 32.4 Å². The number of aromatic amines is 1. The maximum absolute atomic E-state index is 12.5. The van der Waals surface area contributed by atoms with E-state index in [1.807, 2.05) is 24.3 Å². The summed E-state index contributed by atoms with van der Waals surface area (Å²) < 4.78 is 6.28. The van der Waals surface area contributed by atoms with Crippen LogP contribution in [0.5, 0.6) is 0 Å². The molecule has 150 valence electrons. The Kier molecular flexibility index (Phi) is 5.46. The fraction of sp³-hybridized carbons (Fsp3) is 0.318. The van der Waals surface area contributed by atoms with Crippen LogP contribution in [0, 0.1) is 0 Å². The summed E-state index contributed by atoms with van der Waals surface area (Å²) >= 11 is 0. The lowest BCUT2D eigenvalue weighted by Gasteiger charge is -2.30. The van der Waals surface area contributed by atoms with Crippen LogP contribution in [-0.4, -0.2) is 28.6 Å². The molecule has 1 saturated heterocycles. The van der Waals surface area contributed by atoms with Gasteiger partial charge in [-0.25, -0.2) is 9.36 Å². The van der Waals surface area contributed by atoms with Gasteiger partial charge >= 0.3 is 11.7 Å². The maximum Gasteiger partial charge on any atom is 0.329 e. The zero-order chi connectivity index (χ0) is 20.2. The standard InChI is InChI=1S/C22H23N3O4/c26-20(14-25-21(27)17-9-3-4-10-18(17)23-22(25)28)29-15-16-8-2-5-11-19(16)24-12-6-1-7-13-24/h2-5,8-11H,1,6-7,12-15H2,(H,23,28). The van der Waals surface area contributed by atoms with Gasteiger partial charge in [-0.1, -0.05) is 30.3 Å². The number of carbonyl (C=O) groups is 1. The highest BCUT2D eigenvalue weighted by Gasteiger charge is 2.16. The van der Waals surface area contributed by atoms with Gasteiger partial charge in [0, 0.05) is 24.3 Å². The molecular formula is C22H23N3O4. The first-order valence-corrected chi connectivity index (χ1v) is 9.84. The molecule has 7 nitrogen and oxygen atoms in total. The van der Waals surface area contributed by atoms with E-state index in [0.717, 1.165) is 41.7 Å².